The van der Waals surface area contributed by atoms with Gasteiger partial charge in [0.15, 0.2) is 0 Å². The molecule has 0 bridgehead atoms. The lowest BCUT2D eigenvalue weighted by molar-refractivity contribution is 0.579. The van der Waals surface area contributed by atoms with Gasteiger partial charge in [0.2, 0.25) is 0 Å². The highest BCUT2D eigenvalue weighted by atomic mass is 15.2. The Kier molecular flexibility index (Phi) is 3.57. The van der Waals surface area contributed by atoms with E-state index in [-0.39, 0.29) is 6.04 Å². The van der Waals surface area contributed by atoms with Gasteiger partial charge in [0.05, 0.1) is 11.6 Å². The molecule has 98 valence electrons. The van der Waals surface area contributed by atoms with Crippen molar-refractivity contribution < 1.29 is 0 Å². The lowest BCUT2D eigenvalue weighted by Crippen LogP contribution is -2.08. The van der Waals surface area contributed by atoms with E-state index in [9.17, 15) is 0 Å². The van der Waals surface area contributed by atoms with E-state index in [1.807, 2.05) is 12.1 Å². The van der Waals surface area contributed by atoms with Crippen molar-refractivity contribution in [2.24, 2.45) is 0 Å². The highest BCUT2D eigenvalue weighted by Gasteiger charge is 2.16. The molecule has 1 aromatic heterocycles. The Hall–Kier alpha value is -2.28. The standard InChI is InChI=1S/C15H18N4/c1-4-13-18-14(15(17)19(13)10(2)3)12-7-5-11(9-16)6-8-12/h5-8,10H,4,17H2,1-3H3. The van der Waals surface area contributed by atoms with Crippen LogP contribution in [0.3, 0.4) is 0 Å². The Morgan fingerprint density at radius 3 is 2.37 bits per heavy atom. The maximum Gasteiger partial charge on any atom is 0.131 e. The summed E-state index contributed by atoms with van der Waals surface area (Å²) >= 11 is 0. The van der Waals surface area contributed by atoms with Crippen LogP contribution in [-0.2, 0) is 6.42 Å². The third-order valence-electron chi connectivity index (χ3n) is 3.14. The molecule has 2 rings (SSSR count). The van der Waals surface area contributed by atoms with E-state index < -0.39 is 0 Å². The number of nitrogens with two attached hydrogens (primary N) is 1. The first-order valence-electron chi connectivity index (χ1n) is 6.45. The molecule has 19 heavy (non-hydrogen) atoms. The maximum atomic E-state index is 8.82. The molecule has 0 saturated heterocycles. The summed E-state index contributed by atoms with van der Waals surface area (Å²) in [6.45, 7) is 6.27. The van der Waals surface area contributed by atoms with E-state index in [0.29, 0.717) is 11.4 Å². The van der Waals surface area contributed by atoms with Crippen LogP contribution in [0.4, 0.5) is 5.82 Å². The molecule has 4 nitrogen and oxygen atoms in total. The zero-order chi connectivity index (χ0) is 14.0. The maximum absolute atomic E-state index is 8.82. The largest absolute Gasteiger partial charge is 0.383 e. The lowest BCUT2D eigenvalue weighted by atomic mass is 10.1. The predicted octanol–water partition coefficient (Wildman–Crippen LogP) is 3.15. The highest BCUT2D eigenvalue weighted by Crippen LogP contribution is 2.29. The third kappa shape index (κ3) is 2.32. The zero-order valence-electron chi connectivity index (χ0n) is 11.5. The second-order valence-corrected chi connectivity index (χ2v) is 4.77. The smallest absolute Gasteiger partial charge is 0.131 e. The molecule has 0 spiro atoms. The van der Waals surface area contributed by atoms with Crippen LogP contribution in [0.15, 0.2) is 24.3 Å². The molecule has 0 atom stereocenters. The molecule has 2 N–H and O–H groups in total. The van der Waals surface area contributed by atoms with Gasteiger partial charge in [-0.3, -0.25) is 0 Å². The number of aryl methyl sites for hydroxylation is 1. The van der Waals surface area contributed by atoms with Gasteiger partial charge < -0.3 is 10.3 Å². The summed E-state index contributed by atoms with van der Waals surface area (Å²) in [5.41, 5.74) is 8.61. The number of rotatable bonds is 3. The van der Waals surface area contributed by atoms with Gasteiger partial charge in [-0.05, 0) is 26.0 Å². The third-order valence-corrected chi connectivity index (χ3v) is 3.14. The summed E-state index contributed by atoms with van der Waals surface area (Å²) in [6, 6.07) is 9.75. The average molecular weight is 254 g/mol. The van der Waals surface area contributed by atoms with E-state index in [2.05, 4.69) is 36.4 Å². The second kappa shape index (κ2) is 5.15. The lowest BCUT2D eigenvalue weighted by Gasteiger charge is -2.12. The van der Waals surface area contributed by atoms with Gasteiger partial charge in [-0.2, -0.15) is 5.26 Å². The van der Waals surface area contributed by atoms with Crippen LogP contribution in [0.2, 0.25) is 0 Å². The van der Waals surface area contributed by atoms with Crippen LogP contribution in [-0.4, -0.2) is 9.55 Å². The van der Waals surface area contributed by atoms with Gasteiger partial charge in [0, 0.05) is 18.0 Å². The predicted molar refractivity (Wildman–Crippen MR) is 76.6 cm³/mol. The first kappa shape index (κ1) is 13.2. The normalized spacial score (nSPS) is 10.7. The van der Waals surface area contributed by atoms with E-state index in [1.165, 1.54) is 0 Å². The molecular formula is C15H18N4. The quantitative estimate of drug-likeness (QED) is 0.914. The topological polar surface area (TPSA) is 67.6 Å². The second-order valence-electron chi connectivity index (χ2n) is 4.77. The first-order valence-corrected chi connectivity index (χ1v) is 6.45. The highest BCUT2D eigenvalue weighted by molar-refractivity contribution is 5.71. The molecule has 2 aromatic rings. The Balaban J connectivity index is 2.53. The number of aromatic nitrogens is 2. The number of nitrogen functional groups attached to an aromatic ring is 1. The molecule has 0 amide bonds. The minimum absolute atomic E-state index is 0.287. The number of nitriles is 1. The molecule has 1 aromatic carbocycles. The molecule has 0 aliphatic rings. The summed E-state index contributed by atoms with van der Waals surface area (Å²) in [6.07, 6.45) is 0.846. The van der Waals surface area contributed by atoms with Crippen molar-refractivity contribution in [1.82, 2.24) is 9.55 Å². The molecular weight excluding hydrogens is 236 g/mol. The fraction of sp³-hybridized carbons (Fsp3) is 0.333. The van der Waals surface area contributed by atoms with E-state index in [0.717, 1.165) is 23.5 Å². The Morgan fingerprint density at radius 1 is 1.32 bits per heavy atom. The molecule has 0 saturated carbocycles. The summed E-state index contributed by atoms with van der Waals surface area (Å²) in [4.78, 5) is 4.63. The fourth-order valence-corrected chi connectivity index (χ4v) is 2.23. The number of imidazole rings is 1. The Bertz CT molecular complexity index is 615. The molecule has 1 heterocycles. The van der Waals surface area contributed by atoms with Crippen molar-refractivity contribution in [3.8, 4) is 17.3 Å². The van der Waals surface area contributed by atoms with Gasteiger partial charge in [-0.15, -0.1) is 0 Å². The first-order chi connectivity index (χ1) is 9.08. The zero-order valence-corrected chi connectivity index (χ0v) is 11.5. The van der Waals surface area contributed by atoms with Crippen molar-refractivity contribution in [2.45, 2.75) is 33.2 Å². The summed E-state index contributed by atoms with van der Waals surface area (Å²) in [5.74, 6) is 1.68. The summed E-state index contributed by atoms with van der Waals surface area (Å²) < 4.78 is 2.06. The minimum Gasteiger partial charge on any atom is -0.383 e. The number of anilines is 1. The van der Waals surface area contributed by atoms with E-state index in [1.54, 1.807) is 12.1 Å². The van der Waals surface area contributed by atoms with Crippen LogP contribution >= 0.6 is 0 Å². The molecule has 0 aliphatic heterocycles. The van der Waals surface area contributed by atoms with E-state index >= 15 is 0 Å². The Morgan fingerprint density at radius 2 is 1.95 bits per heavy atom. The number of hydrogen-bond acceptors (Lipinski definition) is 3. The Labute approximate surface area is 113 Å². The minimum atomic E-state index is 0.287. The van der Waals surface area contributed by atoms with E-state index in [4.69, 9.17) is 11.0 Å². The van der Waals surface area contributed by atoms with Gasteiger partial charge in [0.25, 0.3) is 0 Å². The molecule has 0 radical (unpaired) electrons. The summed E-state index contributed by atoms with van der Waals surface area (Å²) in [7, 11) is 0. The number of benzene rings is 1. The monoisotopic (exact) mass is 254 g/mol. The average Bonchev–Trinajstić information content (AvgIpc) is 2.76. The SMILES string of the molecule is CCc1nc(-c2ccc(C#N)cc2)c(N)n1C(C)C. The van der Waals surface area contributed by atoms with Crippen molar-refractivity contribution >= 4 is 5.82 Å². The van der Waals surface area contributed by atoms with Gasteiger partial charge in [-0.25, -0.2) is 4.98 Å². The van der Waals surface area contributed by atoms with Crippen LogP contribution in [0.5, 0.6) is 0 Å². The van der Waals surface area contributed by atoms with Crippen molar-refractivity contribution in [2.75, 3.05) is 5.73 Å². The van der Waals surface area contributed by atoms with Gasteiger partial charge in [-0.1, -0.05) is 19.1 Å². The van der Waals surface area contributed by atoms with Crippen molar-refractivity contribution in [1.29, 1.82) is 5.26 Å². The van der Waals surface area contributed by atoms with Crippen molar-refractivity contribution in [3.63, 3.8) is 0 Å². The molecule has 0 aliphatic carbocycles. The molecule has 0 unspecified atom stereocenters. The summed E-state index contributed by atoms with van der Waals surface area (Å²) in [5, 5.41) is 8.82. The van der Waals surface area contributed by atoms with Gasteiger partial charge >= 0.3 is 0 Å². The van der Waals surface area contributed by atoms with Crippen LogP contribution in [0, 0.1) is 11.3 Å². The van der Waals surface area contributed by atoms with Crippen LogP contribution < -0.4 is 5.73 Å². The molecule has 4 heteroatoms. The van der Waals surface area contributed by atoms with Crippen LogP contribution in [0.1, 0.15) is 38.2 Å². The number of hydrogen-bond donors (Lipinski definition) is 1. The van der Waals surface area contributed by atoms with Gasteiger partial charge in [0.1, 0.15) is 17.3 Å². The number of nitrogens with zero attached hydrogens (tertiary/aromatic N) is 3. The fourth-order valence-electron chi connectivity index (χ4n) is 2.23. The molecule has 0 fully saturated rings. The van der Waals surface area contributed by atoms with Crippen LogP contribution in [0.25, 0.3) is 11.3 Å². The van der Waals surface area contributed by atoms with Crippen molar-refractivity contribution in [3.05, 3.63) is 35.7 Å².